The average molecular weight is 244 g/mol. The van der Waals surface area contributed by atoms with Crippen molar-refractivity contribution in [2.45, 2.75) is 57.8 Å². The molecule has 0 aliphatic heterocycles. The molecule has 0 N–H and O–H groups in total. The van der Waals surface area contributed by atoms with E-state index in [0.29, 0.717) is 11.7 Å². The second kappa shape index (κ2) is 7.35. The van der Waals surface area contributed by atoms with E-state index in [2.05, 4.69) is 30.3 Å². The van der Waals surface area contributed by atoms with Gasteiger partial charge in [-0.3, -0.25) is 4.79 Å². The fraction of sp³-hybridized carbons (Fsp3) is 0.588. The van der Waals surface area contributed by atoms with Crippen LogP contribution in [0, 0.1) is 5.92 Å². The number of carbonyl (C=O) groups excluding carboxylic acids is 1. The van der Waals surface area contributed by atoms with Crippen molar-refractivity contribution in [1.29, 1.82) is 0 Å². The van der Waals surface area contributed by atoms with Gasteiger partial charge in [0, 0.05) is 12.8 Å². The van der Waals surface area contributed by atoms with Crippen molar-refractivity contribution in [2.75, 3.05) is 0 Å². The van der Waals surface area contributed by atoms with Crippen LogP contribution in [0.2, 0.25) is 0 Å². The summed E-state index contributed by atoms with van der Waals surface area (Å²) in [6.07, 6.45) is 10.3. The number of carbonyl (C=O) groups is 1. The Labute approximate surface area is 111 Å². The molecule has 1 heteroatoms. The lowest BCUT2D eigenvalue weighted by Crippen LogP contribution is -2.05. The highest BCUT2D eigenvalue weighted by Crippen LogP contribution is 2.25. The van der Waals surface area contributed by atoms with Crippen molar-refractivity contribution in [3.63, 3.8) is 0 Å². The van der Waals surface area contributed by atoms with Crippen molar-refractivity contribution in [2.24, 2.45) is 5.92 Å². The number of benzene rings is 1. The molecule has 1 aromatic rings. The summed E-state index contributed by atoms with van der Waals surface area (Å²) >= 11 is 0. The van der Waals surface area contributed by atoms with E-state index in [-0.39, 0.29) is 0 Å². The molecule has 0 heterocycles. The predicted octanol–water partition coefficient (Wildman–Crippen LogP) is 4.55. The summed E-state index contributed by atoms with van der Waals surface area (Å²) in [6.45, 7) is 0. The molecule has 2 rings (SSSR count). The van der Waals surface area contributed by atoms with Crippen LogP contribution in [0.25, 0.3) is 0 Å². The van der Waals surface area contributed by atoms with E-state index in [4.69, 9.17) is 0 Å². The van der Waals surface area contributed by atoms with Gasteiger partial charge in [0.15, 0.2) is 0 Å². The standard InChI is InChI=1S/C17H24O/c18-17-13-7-6-12-16(14-17)11-5-4-10-15-8-2-1-3-9-15/h1-3,8-9,16H,4-7,10-14H2. The van der Waals surface area contributed by atoms with Crippen molar-refractivity contribution < 1.29 is 4.79 Å². The lowest BCUT2D eigenvalue weighted by Gasteiger charge is -2.12. The van der Waals surface area contributed by atoms with E-state index >= 15 is 0 Å². The summed E-state index contributed by atoms with van der Waals surface area (Å²) in [6, 6.07) is 10.7. The number of rotatable bonds is 5. The number of unbranched alkanes of at least 4 members (excludes halogenated alkanes) is 1. The quantitative estimate of drug-likeness (QED) is 0.548. The molecule has 98 valence electrons. The van der Waals surface area contributed by atoms with Crippen LogP contribution < -0.4 is 0 Å². The molecule has 1 aliphatic carbocycles. The Morgan fingerprint density at radius 3 is 2.72 bits per heavy atom. The first kappa shape index (κ1) is 13.3. The predicted molar refractivity (Wildman–Crippen MR) is 75.6 cm³/mol. The fourth-order valence-corrected chi connectivity index (χ4v) is 2.93. The zero-order valence-corrected chi connectivity index (χ0v) is 11.2. The second-order valence-corrected chi connectivity index (χ2v) is 5.59. The van der Waals surface area contributed by atoms with Crippen molar-refractivity contribution >= 4 is 5.78 Å². The number of hydrogen-bond acceptors (Lipinski definition) is 1. The van der Waals surface area contributed by atoms with Gasteiger partial charge in [0.1, 0.15) is 5.78 Å². The molecule has 1 fully saturated rings. The first-order chi connectivity index (χ1) is 8.84. The number of ketones is 1. The third-order valence-corrected chi connectivity index (χ3v) is 4.00. The van der Waals surface area contributed by atoms with Gasteiger partial charge in [0.25, 0.3) is 0 Å². The van der Waals surface area contributed by atoms with Crippen LogP contribution in [0.15, 0.2) is 30.3 Å². The molecule has 0 bridgehead atoms. The third kappa shape index (κ3) is 4.64. The molecule has 1 nitrogen and oxygen atoms in total. The minimum Gasteiger partial charge on any atom is -0.300 e. The monoisotopic (exact) mass is 244 g/mol. The summed E-state index contributed by atoms with van der Waals surface area (Å²) in [5.74, 6) is 1.18. The highest BCUT2D eigenvalue weighted by molar-refractivity contribution is 5.78. The highest BCUT2D eigenvalue weighted by atomic mass is 16.1. The normalized spacial score (nSPS) is 20.7. The number of Topliss-reactive ketones (excluding diaryl/α,β-unsaturated/α-hetero) is 1. The molecule has 18 heavy (non-hydrogen) atoms. The van der Waals surface area contributed by atoms with Crippen LogP contribution in [-0.4, -0.2) is 5.78 Å². The van der Waals surface area contributed by atoms with Crippen molar-refractivity contribution in [1.82, 2.24) is 0 Å². The van der Waals surface area contributed by atoms with Crippen LogP contribution in [0.5, 0.6) is 0 Å². The Kier molecular flexibility index (Phi) is 5.44. The van der Waals surface area contributed by atoms with Crippen LogP contribution in [0.1, 0.15) is 56.9 Å². The lowest BCUT2D eigenvalue weighted by atomic mass is 9.93. The van der Waals surface area contributed by atoms with E-state index in [1.54, 1.807) is 0 Å². The van der Waals surface area contributed by atoms with Gasteiger partial charge in [-0.15, -0.1) is 0 Å². The zero-order chi connectivity index (χ0) is 12.6. The minimum absolute atomic E-state index is 0.501. The van der Waals surface area contributed by atoms with Crippen LogP contribution in [-0.2, 0) is 11.2 Å². The third-order valence-electron chi connectivity index (χ3n) is 4.00. The van der Waals surface area contributed by atoms with Gasteiger partial charge >= 0.3 is 0 Å². The number of aryl methyl sites for hydroxylation is 1. The van der Waals surface area contributed by atoms with Gasteiger partial charge in [-0.1, -0.05) is 56.0 Å². The Morgan fingerprint density at radius 2 is 1.89 bits per heavy atom. The summed E-state index contributed by atoms with van der Waals surface area (Å²) in [7, 11) is 0. The van der Waals surface area contributed by atoms with Crippen molar-refractivity contribution in [3.05, 3.63) is 35.9 Å². The first-order valence-corrected chi connectivity index (χ1v) is 7.40. The van der Waals surface area contributed by atoms with E-state index in [0.717, 1.165) is 19.3 Å². The Hall–Kier alpha value is -1.11. The summed E-state index contributed by atoms with van der Waals surface area (Å²) in [5.41, 5.74) is 1.44. The summed E-state index contributed by atoms with van der Waals surface area (Å²) in [5, 5.41) is 0. The van der Waals surface area contributed by atoms with E-state index in [1.165, 1.54) is 44.1 Å². The summed E-state index contributed by atoms with van der Waals surface area (Å²) < 4.78 is 0. The van der Waals surface area contributed by atoms with Gasteiger partial charge < -0.3 is 0 Å². The maximum Gasteiger partial charge on any atom is 0.133 e. The lowest BCUT2D eigenvalue weighted by molar-refractivity contribution is -0.119. The van der Waals surface area contributed by atoms with E-state index in [9.17, 15) is 4.79 Å². The first-order valence-electron chi connectivity index (χ1n) is 7.40. The number of hydrogen-bond donors (Lipinski definition) is 0. The van der Waals surface area contributed by atoms with Gasteiger partial charge in [-0.2, -0.15) is 0 Å². The van der Waals surface area contributed by atoms with Gasteiger partial charge in [0.2, 0.25) is 0 Å². The van der Waals surface area contributed by atoms with Gasteiger partial charge in [-0.25, -0.2) is 0 Å². The largest absolute Gasteiger partial charge is 0.300 e. The Balaban J connectivity index is 1.64. The van der Waals surface area contributed by atoms with Gasteiger partial charge in [-0.05, 0) is 30.7 Å². The molecule has 1 aliphatic rings. The fourth-order valence-electron chi connectivity index (χ4n) is 2.93. The second-order valence-electron chi connectivity index (χ2n) is 5.59. The van der Waals surface area contributed by atoms with Crippen molar-refractivity contribution in [3.8, 4) is 0 Å². The highest BCUT2D eigenvalue weighted by Gasteiger charge is 2.16. The molecular formula is C17H24O. The van der Waals surface area contributed by atoms with Crippen LogP contribution in [0.4, 0.5) is 0 Å². The molecular weight excluding hydrogens is 220 g/mol. The molecule has 1 aromatic carbocycles. The van der Waals surface area contributed by atoms with E-state index < -0.39 is 0 Å². The Bertz CT molecular complexity index is 355. The summed E-state index contributed by atoms with van der Waals surface area (Å²) in [4.78, 5) is 11.5. The maximum absolute atomic E-state index is 11.5. The molecule has 0 aromatic heterocycles. The van der Waals surface area contributed by atoms with E-state index in [1.807, 2.05) is 0 Å². The SMILES string of the molecule is O=C1CCCCC(CCCCc2ccccc2)C1. The molecule has 0 radical (unpaired) electrons. The minimum atomic E-state index is 0.501. The smallest absolute Gasteiger partial charge is 0.133 e. The van der Waals surface area contributed by atoms with Gasteiger partial charge in [0.05, 0.1) is 0 Å². The molecule has 0 spiro atoms. The molecule has 0 amide bonds. The average Bonchev–Trinajstić information content (AvgIpc) is 2.60. The molecule has 1 atom stereocenters. The topological polar surface area (TPSA) is 17.1 Å². The van der Waals surface area contributed by atoms with Crippen LogP contribution in [0.3, 0.4) is 0 Å². The zero-order valence-electron chi connectivity index (χ0n) is 11.2. The van der Waals surface area contributed by atoms with Crippen LogP contribution >= 0.6 is 0 Å². The Morgan fingerprint density at radius 1 is 1.06 bits per heavy atom. The molecule has 1 saturated carbocycles. The molecule has 1 unspecified atom stereocenters. The molecule has 0 saturated heterocycles. The maximum atomic E-state index is 11.5.